The summed E-state index contributed by atoms with van der Waals surface area (Å²) in [5.74, 6) is 0.945. The minimum Gasteiger partial charge on any atom is -0.123 e. The first-order valence-corrected chi connectivity index (χ1v) is 6.69. The van der Waals surface area contributed by atoms with Crippen LogP contribution in [0.2, 0.25) is 10.0 Å². The normalized spacial score (nSPS) is 15.2. The minimum atomic E-state index is 0.134. The van der Waals surface area contributed by atoms with E-state index in [1.54, 1.807) is 0 Å². The molecular formula is C13H17Cl3. The van der Waals surface area contributed by atoms with Crippen LogP contribution in [0.1, 0.15) is 26.3 Å². The second-order valence-electron chi connectivity index (χ2n) is 4.53. The Labute approximate surface area is 113 Å². The van der Waals surface area contributed by atoms with Crippen molar-refractivity contribution in [1.82, 2.24) is 0 Å². The third-order valence-electron chi connectivity index (χ3n) is 2.91. The van der Waals surface area contributed by atoms with Crippen LogP contribution in [-0.2, 0) is 6.42 Å². The molecule has 0 aromatic heterocycles. The fraction of sp³-hybridized carbons (Fsp3) is 0.538. The predicted molar refractivity (Wildman–Crippen MR) is 73.8 cm³/mol. The smallest absolute Gasteiger partial charge is 0.0439 e. The monoisotopic (exact) mass is 278 g/mol. The first kappa shape index (κ1) is 14.2. The zero-order valence-corrected chi connectivity index (χ0v) is 12.1. The maximum Gasteiger partial charge on any atom is 0.0439 e. The van der Waals surface area contributed by atoms with E-state index in [-0.39, 0.29) is 5.38 Å². The standard InChI is InChI=1S/C13H17Cl3/c1-8(2)12(9(3)14)7-10-6-11(15)4-5-13(10)16/h4-6,8-9,12H,7H2,1-3H3. The van der Waals surface area contributed by atoms with Crippen LogP contribution in [0.4, 0.5) is 0 Å². The molecule has 0 N–H and O–H groups in total. The van der Waals surface area contributed by atoms with Crippen molar-refractivity contribution in [1.29, 1.82) is 0 Å². The summed E-state index contributed by atoms with van der Waals surface area (Å²) in [5, 5.41) is 1.63. The van der Waals surface area contributed by atoms with Gasteiger partial charge in [-0.3, -0.25) is 0 Å². The molecule has 0 saturated carbocycles. The first-order chi connectivity index (χ1) is 7.41. The van der Waals surface area contributed by atoms with Crippen molar-refractivity contribution in [2.45, 2.75) is 32.6 Å². The van der Waals surface area contributed by atoms with Gasteiger partial charge in [0, 0.05) is 15.4 Å². The van der Waals surface area contributed by atoms with Crippen LogP contribution in [0.15, 0.2) is 18.2 Å². The number of hydrogen-bond acceptors (Lipinski definition) is 0. The van der Waals surface area contributed by atoms with Gasteiger partial charge in [-0.05, 0) is 48.9 Å². The number of benzene rings is 1. The van der Waals surface area contributed by atoms with E-state index in [4.69, 9.17) is 34.8 Å². The fourth-order valence-corrected chi connectivity index (χ4v) is 2.65. The number of alkyl halides is 1. The molecule has 1 rings (SSSR count). The first-order valence-electron chi connectivity index (χ1n) is 5.49. The molecule has 0 bridgehead atoms. The highest BCUT2D eigenvalue weighted by atomic mass is 35.5. The van der Waals surface area contributed by atoms with E-state index in [2.05, 4.69) is 13.8 Å². The van der Waals surface area contributed by atoms with Gasteiger partial charge in [0.15, 0.2) is 0 Å². The van der Waals surface area contributed by atoms with Gasteiger partial charge in [0.25, 0.3) is 0 Å². The summed E-state index contributed by atoms with van der Waals surface area (Å²) in [4.78, 5) is 0. The Kier molecular flexibility index (Phi) is 5.43. The SMILES string of the molecule is CC(C)C(Cc1cc(Cl)ccc1Cl)C(C)Cl. The maximum atomic E-state index is 6.20. The Morgan fingerprint density at radius 1 is 1.12 bits per heavy atom. The van der Waals surface area contributed by atoms with Crippen molar-refractivity contribution in [2.24, 2.45) is 11.8 Å². The lowest BCUT2D eigenvalue weighted by Gasteiger charge is -2.23. The molecular weight excluding hydrogens is 263 g/mol. The van der Waals surface area contributed by atoms with Crippen LogP contribution in [-0.4, -0.2) is 5.38 Å². The molecule has 0 aliphatic carbocycles. The number of halogens is 3. The van der Waals surface area contributed by atoms with Crippen LogP contribution in [0.25, 0.3) is 0 Å². The van der Waals surface area contributed by atoms with Crippen molar-refractivity contribution in [2.75, 3.05) is 0 Å². The predicted octanol–water partition coefficient (Wildman–Crippen LogP) is 5.44. The molecule has 0 saturated heterocycles. The third-order valence-corrected chi connectivity index (χ3v) is 3.84. The lowest BCUT2D eigenvalue weighted by Crippen LogP contribution is -2.20. The van der Waals surface area contributed by atoms with Gasteiger partial charge in [-0.1, -0.05) is 37.0 Å². The van der Waals surface area contributed by atoms with Crippen LogP contribution in [0, 0.1) is 11.8 Å². The molecule has 0 amide bonds. The molecule has 2 unspecified atom stereocenters. The molecule has 1 aromatic carbocycles. The van der Waals surface area contributed by atoms with Crippen LogP contribution >= 0.6 is 34.8 Å². The minimum absolute atomic E-state index is 0.134. The highest BCUT2D eigenvalue weighted by Gasteiger charge is 2.20. The molecule has 0 spiro atoms. The number of rotatable bonds is 4. The Balaban J connectivity index is 2.89. The molecule has 0 fully saturated rings. The summed E-state index contributed by atoms with van der Waals surface area (Å²) in [6, 6.07) is 5.58. The van der Waals surface area contributed by atoms with E-state index in [0.717, 1.165) is 22.0 Å². The van der Waals surface area contributed by atoms with Gasteiger partial charge >= 0.3 is 0 Å². The van der Waals surface area contributed by atoms with E-state index < -0.39 is 0 Å². The lowest BCUT2D eigenvalue weighted by molar-refractivity contribution is 0.376. The van der Waals surface area contributed by atoms with E-state index >= 15 is 0 Å². The third kappa shape index (κ3) is 3.84. The van der Waals surface area contributed by atoms with Gasteiger partial charge < -0.3 is 0 Å². The topological polar surface area (TPSA) is 0 Å². The maximum absolute atomic E-state index is 6.20. The zero-order chi connectivity index (χ0) is 12.3. The van der Waals surface area contributed by atoms with E-state index in [0.29, 0.717) is 11.8 Å². The second kappa shape index (κ2) is 6.14. The largest absolute Gasteiger partial charge is 0.123 e. The average Bonchev–Trinajstić information content (AvgIpc) is 2.18. The van der Waals surface area contributed by atoms with E-state index in [9.17, 15) is 0 Å². The van der Waals surface area contributed by atoms with E-state index in [1.807, 2.05) is 25.1 Å². The summed E-state index contributed by atoms with van der Waals surface area (Å²) < 4.78 is 0. The second-order valence-corrected chi connectivity index (χ2v) is 6.06. The van der Waals surface area contributed by atoms with Crippen molar-refractivity contribution in [3.63, 3.8) is 0 Å². The number of hydrogen-bond donors (Lipinski definition) is 0. The molecule has 90 valence electrons. The van der Waals surface area contributed by atoms with Crippen LogP contribution < -0.4 is 0 Å². The summed E-state index contributed by atoms with van der Waals surface area (Å²) in [7, 11) is 0. The summed E-state index contributed by atoms with van der Waals surface area (Å²) in [6.07, 6.45) is 0.877. The quantitative estimate of drug-likeness (QED) is 0.644. The molecule has 2 atom stereocenters. The molecule has 3 heteroatoms. The summed E-state index contributed by atoms with van der Waals surface area (Å²) in [5.41, 5.74) is 1.08. The van der Waals surface area contributed by atoms with Crippen molar-refractivity contribution in [3.05, 3.63) is 33.8 Å². The zero-order valence-electron chi connectivity index (χ0n) is 9.81. The van der Waals surface area contributed by atoms with E-state index in [1.165, 1.54) is 0 Å². The molecule has 0 aliphatic rings. The highest BCUT2D eigenvalue weighted by molar-refractivity contribution is 6.33. The fourth-order valence-electron chi connectivity index (χ4n) is 1.88. The molecule has 16 heavy (non-hydrogen) atoms. The van der Waals surface area contributed by atoms with Crippen LogP contribution in [0.3, 0.4) is 0 Å². The Morgan fingerprint density at radius 2 is 1.75 bits per heavy atom. The Bertz CT molecular complexity index is 337. The van der Waals surface area contributed by atoms with Gasteiger partial charge in [-0.25, -0.2) is 0 Å². The molecule has 0 nitrogen and oxygen atoms in total. The molecule has 1 aromatic rings. The Morgan fingerprint density at radius 3 is 2.25 bits per heavy atom. The average molecular weight is 280 g/mol. The molecule has 0 radical (unpaired) electrons. The molecule has 0 heterocycles. The summed E-state index contributed by atoms with van der Waals surface area (Å²) in [6.45, 7) is 6.40. The van der Waals surface area contributed by atoms with Crippen molar-refractivity contribution >= 4 is 34.8 Å². The highest BCUT2D eigenvalue weighted by Crippen LogP contribution is 2.29. The molecule has 0 aliphatic heterocycles. The van der Waals surface area contributed by atoms with Gasteiger partial charge in [0.2, 0.25) is 0 Å². The van der Waals surface area contributed by atoms with Gasteiger partial charge in [-0.2, -0.15) is 0 Å². The lowest BCUT2D eigenvalue weighted by atomic mass is 9.87. The van der Waals surface area contributed by atoms with Crippen LogP contribution in [0.5, 0.6) is 0 Å². The Hall–Kier alpha value is 0.0900. The summed E-state index contributed by atoms with van der Waals surface area (Å²) >= 11 is 18.3. The van der Waals surface area contributed by atoms with Crippen molar-refractivity contribution in [3.8, 4) is 0 Å². The van der Waals surface area contributed by atoms with Gasteiger partial charge in [0.05, 0.1) is 0 Å². The van der Waals surface area contributed by atoms with Gasteiger partial charge in [-0.15, -0.1) is 11.6 Å². The van der Waals surface area contributed by atoms with Crippen molar-refractivity contribution < 1.29 is 0 Å². The van der Waals surface area contributed by atoms with Gasteiger partial charge in [0.1, 0.15) is 0 Å².